The van der Waals surface area contributed by atoms with Crippen molar-refractivity contribution in [3.8, 4) is 0 Å². The van der Waals surface area contributed by atoms with Crippen LogP contribution in [0.25, 0.3) is 0 Å². The number of ether oxygens (including phenoxy) is 1. The first kappa shape index (κ1) is 8.85. The second-order valence-electron chi connectivity index (χ2n) is 1.77. The molecule has 1 atom stereocenters. The molecule has 0 saturated carbocycles. The van der Waals surface area contributed by atoms with E-state index < -0.39 is 0 Å². The smallest absolute Gasteiger partial charge is 0.108 e. The molecule has 0 amide bonds. The summed E-state index contributed by atoms with van der Waals surface area (Å²) < 4.78 is 16.3. The number of alkyl halides is 1. The van der Waals surface area contributed by atoms with Gasteiger partial charge in [-0.2, -0.15) is 0 Å². The summed E-state index contributed by atoms with van der Waals surface area (Å²) in [5.41, 5.74) is 0. The van der Waals surface area contributed by atoms with E-state index in [1.807, 2.05) is 0 Å². The zero-order chi connectivity index (χ0) is 7.11. The van der Waals surface area contributed by atoms with Crippen LogP contribution >= 0.6 is 0 Å². The molecule has 3 heteroatoms. The number of hydrogen-bond donors (Lipinski definition) is 1. The first-order valence-corrected chi connectivity index (χ1v) is 2.96. The fourth-order valence-electron chi connectivity index (χ4n) is 0.367. The van der Waals surface area contributed by atoms with Gasteiger partial charge in [0.15, 0.2) is 0 Å². The molecule has 2 nitrogen and oxygen atoms in total. The molecule has 0 aromatic carbocycles. The van der Waals surface area contributed by atoms with Gasteiger partial charge in [-0.3, -0.25) is 4.39 Å². The summed E-state index contributed by atoms with van der Waals surface area (Å²) in [4.78, 5) is 0. The third-order valence-electron chi connectivity index (χ3n) is 0.869. The lowest BCUT2D eigenvalue weighted by molar-refractivity contribution is 0.0519. The average Bonchev–Trinajstić information content (AvgIpc) is 1.89. The molecule has 0 heterocycles. The van der Waals surface area contributed by atoms with Gasteiger partial charge in [-0.1, -0.05) is 0 Å². The van der Waals surface area contributed by atoms with Gasteiger partial charge in [0.05, 0.1) is 12.8 Å². The topological polar surface area (TPSA) is 29.5 Å². The SMILES string of the molecule is C[C@H]([CH]O)OCCCF. The fourth-order valence-corrected chi connectivity index (χ4v) is 0.367. The first-order valence-electron chi connectivity index (χ1n) is 2.96. The van der Waals surface area contributed by atoms with Gasteiger partial charge < -0.3 is 9.84 Å². The molecule has 1 radical (unpaired) electrons. The fraction of sp³-hybridized carbons (Fsp3) is 0.833. The zero-order valence-electron chi connectivity index (χ0n) is 5.51. The maximum absolute atomic E-state index is 11.4. The molecule has 0 fully saturated rings. The van der Waals surface area contributed by atoms with E-state index in [0.717, 1.165) is 6.61 Å². The summed E-state index contributed by atoms with van der Waals surface area (Å²) in [6.07, 6.45) is 0.120. The Morgan fingerprint density at radius 1 is 1.78 bits per heavy atom. The average molecular weight is 135 g/mol. The van der Waals surface area contributed by atoms with Crippen LogP contribution in [0.2, 0.25) is 0 Å². The van der Waals surface area contributed by atoms with E-state index in [9.17, 15) is 4.39 Å². The van der Waals surface area contributed by atoms with Gasteiger partial charge in [0, 0.05) is 6.61 Å². The van der Waals surface area contributed by atoms with Crippen molar-refractivity contribution in [3.05, 3.63) is 6.61 Å². The molecule has 0 aliphatic carbocycles. The predicted molar refractivity (Wildman–Crippen MR) is 32.2 cm³/mol. The Morgan fingerprint density at radius 3 is 2.89 bits per heavy atom. The Labute approximate surface area is 54.6 Å². The number of hydrogen-bond acceptors (Lipinski definition) is 2. The molecule has 0 saturated heterocycles. The molecule has 9 heavy (non-hydrogen) atoms. The lowest BCUT2D eigenvalue weighted by atomic mass is 10.4. The Bertz CT molecular complexity index is 59.0. The van der Waals surface area contributed by atoms with Crippen LogP contribution in [0.5, 0.6) is 0 Å². The number of aliphatic hydroxyl groups is 1. The normalized spacial score (nSPS) is 13.7. The largest absolute Gasteiger partial charge is 0.388 e. The van der Waals surface area contributed by atoms with Crippen LogP contribution in [0.1, 0.15) is 13.3 Å². The molecule has 0 aromatic rings. The molecule has 0 aliphatic rings. The Kier molecular flexibility index (Phi) is 5.88. The second kappa shape index (κ2) is 5.98. The van der Waals surface area contributed by atoms with Crippen molar-refractivity contribution in [1.82, 2.24) is 0 Å². The van der Waals surface area contributed by atoms with Crippen molar-refractivity contribution in [2.24, 2.45) is 0 Å². The predicted octanol–water partition coefficient (Wildman–Crippen LogP) is 1.29. The van der Waals surface area contributed by atoms with E-state index in [4.69, 9.17) is 9.84 Å². The molecule has 55 valence electrons. The standard InChI is InChI=1S/C6H12FO2/c1-6(5-8)9-4-2-3-7/h5-6,8H,2-4H2,1H3/t6-/m1/s1. The summed E-state index contributed by atoms with van der Waals surface area (Å²) in [6, 6.07) is 0. The molecule has 0 bridgehead atoms. The Hall–Kier alpha value is -0.150. The summed E-state index contributed by atoms with van der Waals surface area (Å²) in [5, 5.41) is 8.29. The van der Waals surface area contributed by atoms with Gasteiger partial charge in [-0.25, -0.2) is 0 Å². The van der Waals surface area contributed by atoms with Crippen molar-refractivity contribution in [2.75, 3.05) is 13.3 Å². The van der Waals surface area contributed by atoms with Crippen LogP contribution in [0.15, 0.2) is 0 Å². The van der Waals surface area contributed by atoms with Crippen LogP contribution in [0.3, 0.4) is 0 Å². The molecule has 0 spiro atoms. The van der Waals surface area contributed by atoms with E-state index >= 15 is 0 Å². The quantitative estimate of drug-likeness (QED) is 0.575. The zero-order valence-corrected chi connectivity index (χ0v) is 5.51. The summed E-state index contributed by atoms with van der Waals surface area (Å²) >= 11 is 0. The van der Waals surface area contributed by atoms with Gasteiger partial charge >= 0.3 is 0 Å². The highest BCUT2D eigenvalue weighted by atomic mass is 19.1. The van der Waals surface area contributed by atoms with Crippen LogP contribution in [0, 0.1) is 6.61 Å². The van der Waals surface area contributed by atoms with Crippen molar-refractivity contribution >= 4 is 0 Å². The monoisotopic (exact) mass is 135 g/mol. The molecule has 1 N–H and O–H groups in total. The maximum atomic E-state index is 11.4. The van der Waals surface area contributed by atoms with Gasteiger partial charge in [-0.05, 0) is 13.3 Å². The Morgan fingerprint density at radius 2 is 2.44 bits per heavy atom. The van der Waals surface area contributed by atoms with Crippen LogP contribution < -0.4 is 0 Å². The van der Waals surface area contributed by atoms with Gasteiger partial charge in [-0.15, -0.1) is 0 Å². The molecule has 0 aliphatic heterocycles. The third-order valence-corrected chi connectivity index (χ3v) is 0.869. The summed E-state index contributed by atoms with van der Waals surface area (Å²) in [5.74, 6) is 0. The third kappa shape index (κ3) is 5.73. The van der Waals surface area contributed by atoms with Crippen LogP contribution in [-0.4, -0.2) is 24.5 Å². The maximum Gasteiger partial charge on any atom is 0.108 e. The van der Waals surface area contributed by atoms with E-state index in [0.29, 0.717) is 13.0 Å². The van der Waals surface area contributed by atoms with Crippen molar-refractivity contribution < 1.29 is 14.2 Å². The minimum Gasteiger partial charge on any atom is -0.388 e. The Balaban J connectivity index is 2.88. The molecular formula is C6H12FO2. The van der Waals surface area contributed by atoms with E-state index in [1.54, 1.807) is 6.92 Å². The minimum absolute atomic E-state index is 0.281. The number of halogens is 1. The van der Waals surface area contributed by atoms with Crippen molar-refractivity contribution in [1.29, 1.82) is 0 Å². The van der Waals surface area contributed by atoms with Crippen LogP contribution in [-0.2, 0) is 4.74 Å². The summed E-state index contributed by atoms with van der Waals surface area (Å²) in [7, 11) is 0. The summed E-state index contributed by atoms with van der Waals surface area (Å²) in [6.45, 7) is 2.64. The van der Waals surface area contributed by atoms with Gasteiger partial charge in [0.2, 0.25) is 0 Å². The highest BCUT2D eigenvalue weighted by Crippen LogP contribution is 1.93. The molecule has 0 unspecified atom stereocenters. The van der Waals surface area contributed by atoms with E-state index in [-0.39, 0.29) is 12.8 Å². The van der Waals surface area contributed by atoms with E-state index in [1.165, 1.54) is 0 Å². The molecule has 0 aromatic heterocycles. The van der Waals surface area contributed by atoms with Crippen LogP contribution in [0.4, 0.5) is 4.39 Å². The highest BCUT2D eigenvalue weighted by Gasteiger charge is 1.97. The lowest BCUT2D eigenvalue weighted by Crippen LogP contribution is -2.09. The lowest BCUT2D eigenvalue weighted by Gasteiger charge is -2.06. The molecular weight excluding hydrogens is 123 g/mol. The van der Waals surface area contributed by atoms with Crippen molar-refractivity contribution in [2.45, 2.75) is 19.4 Å². The molecule has 0 rings (SSSR count). The number of rotatable bonds is 5. The van der Waals surface area contributed by atoms with Gasteiger partial charge in [0.25, 0.3) is 0 Å². The highest BCUT2D eigenvalue weighted by molar-refractivity contribution is 4.56. The van der Waals surface area contributed by atoms with E-state index in [2.05, 4.69) is 0 Å². The van der Waals surface area contributed by atoms with Gasteiger partial charge in [0.1, 0.15) is 6.61 Å². The van der Waals surface area contributed by atoms with Crippen molar-refractivity contribution in [3.63, 3.8) is 0 Å². The number of aliphatic hydroxyl groups excluding tert-OH is 1. The minimum atomic E-state index is -0.363. The second-order valence-corrected chi connectivity index (χ2v) is 1.77. The first-order chi connectivity index (χ1) is 4.31.